The molecular weight excluding hydrogens is 352 g/mol. The molecule has 0 radical (unpaired) electrons. The Morgan fingerprint density at radius 1 is 1.12 bits per heavy atom. The van der Waals surface area contributed by atoms with Crippen molar-refractivity contribution in [3.05, 3.63) is 42.1 Å². The maximum atomic E-state index is 12.5. The maximum Gasteiger partial charge on any atom is 0.223 e. The number of rotatable bonds is 3. The van der Waals surface area contributed by atoms with Gasteiger partial charge in [0.05, 0.1) is 11.3 Å². The fourth-order valence-corrected chi connectivity index (χ4v) is 4.93. The minimum atomic E-state index is -3.11. The van der Waals surface area contributed by atoms with Crippen LogP contribution in [-0.2, 0) is 14.6 Å². The number of nitrogens with zero attached hydrogens (tertiary/aromatic N) is 4. The molecule has 0 spiro atoms. The summed E-state index contributed by atoms with van der Waals surface area (Å²) in [5.41, 5.74) is 0.908. The lowest BCUT2D eigenvalue weighted by Gasteiger charge is -2.36. The van der Waals surface area contributed by atoms with Gasteiger partial charge in [-0.3, -0.25) is 4.79 Å². The first-order valence-electron chi connectivity index (χ1n) is 8.65. The van der Waals surface area contributed by atoms with Crippen molar-refractivity contribution in [1.82, 2.24) is 14.9 Å². The van der Waals surface area contributed by atoms with Crippen LogP contribution in [0.25, 0.3) is 10.9 Å². The number of fused-ring (bicyclic) bond motifs is 1. The molecule has 1 amide bonds. The molecule has 0 saturated carbocycles. The second kappa shape index (κ2) is 6.68. The first-order valence-corrected chi connectivity index (χ1v) is 10.4. The van der Waals surface area contributed by atoms with Crippen molar-refractivity contribution < 1.29 is 13.2 Å². The third kappa shape index (κ3) is 3.41. The van der Waals surface area contributed by atoms with E-state index in [1.807, 2.05) is 29.2 Å². The quantitative estimate of drug-likeness (QED) is 0.806. The van der Waals surface area contributed by atoms with Gasteiger partial charge in [0, 0.05) is 49.3 Å². The fourth-order valence-electron chi connectivity index (χ4n) is 3.53. The number of amides is 1. The molecule has 1 aromatic carbocycles. The summed E-state index contributed by atoms with van der Waals surface area (Å²) in [7, 11) is -3.11. The molecule has 0 N–H and O–H groups in total. The zero-order valence-electron chi connectivity index (χ0n) is 14.3. The Balaban J connectivity index is 1.39. The van der Waals surface area contributed by atoms with Crippen LogP contribution in [-0.4, -0.2) is 61.1 Å². The van der Waals surface area contributed by atoms with Crippen LogP contribution >= 0.6 is 0 Å². The van der Waals surface area contributed by atoms with E-state index in [9.17, 15) is 13.2 Å². The molecule has 26 heavy (non-hydrogen) atoms. The Morgan fingerprint density at radius 2 is 1.88 bits per heavy atom. The molecule has 4 rings (SSSR count). The molecule has 1 aromatic heterocycles. The molecule has 136 valence electrons. The number of aromatic nitrogens is 2. The van der Waals surface area contributed by atoms with E-state index >= 15 is 0 Å². The van der Waals surface area contributed by atoms with E-state index in [4.69, 9.17) is 0 Å². The molecule has 8 heteroatoms. The lowest BCUT2D eigenvalue weighted by molar-refractivity contribution is -0.132. The Hall–Kier alpha value is -2.48. The van der Waals surface area contributed by atoms with Gasteiger partial charge in [-0.1, -0.05) is 18.2 Å². The number of benzene rings is 1. The molecule has 2 aliphatic heterocycles. The van der Waals surface area contributed by atoms with E-state index in [0.29, 0.717) is 26.2 Å². The van der Waals surface area contributed by atoms with Crippen LogP contribution in [0.2, 0.25) is 0 Å². The predicted octanol–water partition coefficient (Wildman–Crippen LogP) is 1.23. The highest BCUT2D eigenvalue weighted by atomic mass is 32.2. The van der Waals surface area contributed by atoms with Crippen molar-refractivity contribution in [2.45, 2.75) is 6.42 Å². The minimum Gasteiger partial charge on any atom is -0.352 e. The zero-order valence-corrected chi connectivity index (χ0v) is 15.1. The van der Waals surface area contributed by atoms with E-state index in [-0.39, 0.29) is 24.0 Å². The number of sulfone groups is 1. The molecule has 1 atom stereocenters. The average Bonchev–Trinajstić information content (AvgIpc) is 2.99. The molecule has 0 bridgehead atoms. The van der Waals surface area contributed by atoms with E-state index in [1.165, 1.54) is 5.41 Å². The third-order valence-electron chi connectivity index (χ3n) is 4.89. The molecular formula is C18H20N4O3S. The number of hydrogen-bond acceptors (Lipinski definition) is 6. The average molecular weight is 372 g/mol. The van der Waals surface area contributed by atoms with Gasteiger partial charge in [-0.2, -0.15) is 0 Å². The Kier molecular flexibility index (Phi) is 4.36. The van der Waals surface area contributed by atoms with Crippen LogP contribution in [0.3, 0.4) is 0 Å². The predicted molar refractivity (Wildman–Crippen MR) is 99.4 cm³/mol. The van der Waals surface area contributed by atoms with Gasteiger partial charge in [0.15, 0.2) is 9.84 Å². The molecule has 3 heterocycles. The van der Waals surface area contributed by atoms with Gasteiger partial charge in [0.1, 0.15) is 12.1 Å². The fraction of sp³-hybridized carbons (Fsp3) is 0.389. The number of carbonyl (C=O) groups is 1. The second-order valence-electron chi connectivity index (χ2n) is 6.70. The Bertz CT molecular complexity index is 960. The van der Waals surface area contributed by atoms with Gasteiger partial charge >= 0.3 is 0 Å². The largest absolute Gasteiger partial charge is 0.352 e. The first-order chi connectivity index (χ1) is 12.5. The van der Waals surface area contributed by atoms with Crippen molar-refractivity contribution in [3.8, 4) is 0 Å². The summed E-state index contributed by atoms with van der Waals surface area (Å²) in [5, 5.41) is 2.24. The van der Waals surface area contributed by atoms with E-state index < -0.39 is 9.84 Å². The number of hydrogen-bond donors (Lipinski definition) is 0. The van der Waals surface area contributed by atoms with Crippen molar-refractivity contribution in [2.24, 2.45) is 5.92 Å². The normalized spacial score (nSPS) is 22.1. The van der Waals surface area contributed by atoms with Crippen molar-refractivity contribution in [3.63, 3.8) is 0 Å². The van der Waals surface area contributed by atoms with Gasteiger partial charge in [-0.25, -0.2) is 18.4 Å². The highest BCUT2D eigenvalue weighted by molar-refractivity contribution is 7.94. The number of piperazine rings is 1. The van der Waals surface area contributed by atoms with Crippen LogP contribution < -0.4 is 4.90 Å². The lowest BCUT2D eigenvalue weighted by atomic mass is 10.1. The summed E-state index contributed by atoms with van der Waals surface area (Å²) in [6.07, 6.45) is 3.46. The Morgan fingerprint density at radius 3 is 2.62 bits per heavy atom. The Labute approximate surface area is 152 Å². The second-order valence-corrected chi connectivity index (χ2v) is 8.64. The molecule has 7 nitrogen and oxygen atoms in total. The summed E-state index contributed by atoms with van der Waals surface area (Å²) in [5.74, 6) is 0.763. The summed E-state index contributed by atoms with van der Waals surface area (Å²) >= 11 is 0. The van der Waals surface area contributed by atoms with Gasteiger partial charge < -0.3 is 9.80 Å². The van der Waals surface area contributed by atoms with Crippen LogP contribution in [0.1, 0.15) is 6.42 Å². The standard InChI is InChI=1S/C18H20N4O3S/c23-17(11-14-5-10-26(24,25)12-14)21-6-8-22(9-7-21)18-15-3-1-2-4-16(15)19-13-20-18/h1-5,10,13-14H,6-9,11-12H2/t14-/m1/s1. The molecule has 0 unspecified atom stereocenters. The third-order valence-corrected chi connectivity index (χ3v) is 6.36. The molecule has 1 saturated heterocycles. The van der Waals surface area contributed by atoms with Crippen LogP contribution in [0.15, 0.2) is 42.1 Å². The van der Waals surface area contributed by atoms with Crippen molar-refractivity contribution >= 4 is 32.5 Å². The molecule has 2 aromatic rings. The monoisotopic (exact) mass is 372 g/mol. The zero-order chi connectivity index (χ0) is 18.1. The number of carbonyl (C=O) groups excluding carboxylic acids is 1. The molecule has 2 aliphatic rings. The summed E-state index contributed by atoms with van der Waals surface area (Å²) in [6, 6.07) is 7.89. The topological polar surface area (TPSA) is 83.5 Å². The van der Waals surface area contributed by atoms with Crippen molar-refractivity contribution in [2.75, 3.05) is 36.8 Å². The van der Waals surface area contributed by atoms with Gasteiger partial charge in [-0.05, 0) is 12.1 Å². The highest BCUT2D eigenvalue weighted by Crippen LogP contribution is 2.24. The van der Waals surface area contributed by atoms with Gasteiger partial charge in [0.25, 0.3) is 0 Å². The highest BCUT2D eigenvalue weighted by Gasteiger charge is 2.28. The smallest absolute Gasteiger partial charge is 0.223 e. The van der Waals surface area contributed by atoms with E-state index in [0.717, 1.165) is 16.7 Å². The minimum absolute atomic E-state index is 0.0175. The summed E-state index contributed by atoms with van der Waals surface area (Å²) in [6.45, 7) is 2.62. The number of allylic oxidation sites excluding steroid dienone is 1. The molecule has 1 fully saturated rings. The summed E-state index contributed by atoms with van der Waals surface area (Å²) < 4.78 is 23.0. The van der Waals surface area contributed by atoms with Crippen molar-refractivity contribution in [1.29, 1.82) is 0 Å². The number of para-hydroxylation sites is 1. The van der Waals surface area contributed by atoms with E-state index in [1.54, 1.807) is 12.4 Å². The SMILES string of the molecule is O=C(C[C@H]1C=CS(=O)(=O)C1)N1CCN(c2ncnc3ccccc23)CC1. The summed E-state index contributed by atoms with van der Waals surface area (Å²) in [4.78, 5) is 25.2. The van der Waals surface area contributed by atoms with Gasteiger partial charge in [-0.15, -0.1) is 0 Å². The lowest BCUT2D eigenvalue weighted by Crippen LogP contribution is -2.49. The van der Waals surface area contributed by atoms with Gasteiger partial charge in [0.2, 0.25) is 5.91 Å². The van der Waals surface area contributed by atoms with E-state index in [2.05, 4.69) is 14.9 Å². The molecule has 0 aliphatic carbocycles. The van der Waals surface area contributed by atoms with Crippen LogP contribution in [0.5, 0.6) is 0 Å². The van der Waals surface area contributed by atoms with Crippen LogP contribution in [0.4, 0.5) is 5.82 Å². The first kappa shape index (κ1) is 17.0. The number of anilines is 1. The van der Waals surface area contributed by atoms with Crippen LogP contribution in [0, 0.1) is 5.92 Å². The maximum absolute atomic E-state index is 12.5.